The number of carbonyl (C=O) groups is 2. The fourth-order valence-electron chi connectivity index (χ4n) is 3.47. The first-order valence-corrected chi connectivity index (χ1v) is 9.85. The molecule has 0 atom stereocenters. The second-order valence-electron chi connectivity index (χ2n) is 7.55. The van der Waals surface area contributed by atoms with Gasteiger partial charge in [-0.1, -0.05) is 12.1 Å². The van der Waals surface area contributed by atoms with E-state index in [1.54, 1.807) is 0 Å². The molecule has 0 unspecified atom stereocenters. The third kappa shape index (κ3) is 5.80. The van der Waals surface area contributed by atoms with Crippen molar-refractivity contribution < 1.29 is 35.9 Å². The zero-order valence-corrected chi connectivity index (χ0v) is 16.8. The van der Waals surface area contributed by atoms with Crippen molar-refractivity contribution in [1.82, 2.24) is 10.2 Å². The van der Waals surface area contributed by atoms with E-state index in [4.69, 9.17) is 0 Å². The van der Waals surface area contributed by atoms with Crippen molar-refractivity contribution in [1.29, 1.82) is 0 Å². The molecule has 10 heteroatoms. The van der Waals surface area contributed by atoms with Crippen LogP contribution in [-0.4, -0.2) is 29.8 Å². The first-order valence-electron chi connectivity index (χ1n) is 9.85. The molecule has 32 heavy (non-hydrogen) atoms. The number of hydrogen-bond acceptors (Lipinski definition) is 2. The molecule has 0 bridgehead atoms. The van der Waals surface area contributed by atoms with Gasteiger partial charge in [-0.3, -0.25) is 9.59 Å². The first-order chi connectivity index (χ1) is 14.9. The summed E-state index contributed by atoms with van der Waals surface area (Å²) in [5, 5.41) is 2.69. The smallest absolute Gasteiger partial charge is 0.352 e. The molecule has 1 aliphatic rings. The van der Waals surface area contributed by atoms with Crippen molar-refractivity contribution in [2.24, 2.45) is 5.92 Å². The summed E-state index contributed by atoms with van der Waals surface area (Å²) in [7, 11) is 0. The lowest BCUT2D eigenvalue weighted by Crippen LogP contribution is -2.42. The average molecular weight is 458 g/mol. The Labute approximate surface area is 180 Å². The summed E-state index contributed by atoms with van der Waals surface area (Å²) >= 11 is 0. The third-order valence-electron chi connectivity index (χ3n) is 5.36. The van der Waals surface area contributed by atoms with Gasteiger partial charge in [0.05, 0.1) is 11.1 Å². The lowest BCUT2D eigenvalue weighted by molar-refractivity contribution is -0.138. The first kappa shape index (κ1) is 23.6. The molecular weight excluding hydrogens is 438 g/mol. The van der Waals surface area contributed by atoms with Crippen LogP contribution in [0.1, 0.15) is 39.9 Å². The molecule has 2 aromatic carbocycles. The molecule has 1 heterocycles. The van der Waals surface area contributed by atoms with Crippen LogP contribution in [0.15, 0.2) is 48.5 Å². The van der Waals surface area contributed by atoms with Crippen molar-refractivity contribution in [2.45, 2.75) is 31.7 Å². The lowest BCUT2D eigenvalue weighted by atomic mass is 9.95. The van der Waals surface area contributed by atoms with E-state index in [1.165, 1.54) is 17.0 Å². The summed E-state index contributed by atoms with van der Waals surface area (Å²) in [6.07, 6.45) is -8.14. The van der Waals surface area contributed by atoms with Crippen LogP contribution >= 0.6 is 0 Å². The van der Waals surface area contributed by atoms with Crippen molar-refractivity contribution in [3.63, 3.8) is 0 Å². The Kier molecular flexibility index (Phi) is 6.80. The largest absolute Gasteiger partial charge is 0.416 e. The Hall–Kier alpha value is -3.04. The van der Waals surface area contributed by atoms with E-state index in [0.717, 1.165) is 36.4 Å². The van der Waals surface area contributed by atoms with E-state index in [1.807, 2.05) is 0 Å². The van der Waals surface area contributed by atoms with Crippen molar-refractivity contribution in [3.8, 4) is 0 Å². The molecule has 0 radical (unpaired) electrons. The summed E-state index contributed by atoms with van der Waals surface area (Å²) in [5.74, 6) is -1.02. The summed E-state index contributed by atoms with van der Waals surface area (Å²) in [4.78, 5) is 26.4. The van der Waals surface area contributed by atoms with E-state index in [-0.39, 0.29) is 37.0 Å². The van der Waals surface area contributed by atoms with E-state index in [2.05, 4.69) is 5.32 Å². The summed E-state index contributed by atoms with van der Waals surface area (Å²) in [6, 6.07) is 8.48. The second-order valence-corrected chi connectivity index (χ2v) is 7.55. The number of carbonyl (C=O) groups excluding carboxylic acids is 2. The van der Waals surface area contributed by atoms with Crippen LogP contribution in [0.2, 0.25) is 0 Å². The van der Waals surface area contributed by atoms with Gasteiger partial charge in [-0.15, -0.1) is 0 Å². The fourth-order valence-corrected chi connectivity index (χ4v) is 3.47. The Bertz CT molecular complexity index is 944. The molecule has 3 rings (SSSR count). The molecule has 2 aromatic rings. The highest BCUT2D eigenvalue weighted by molar-refractivity contribution is 5.94. The Morgan fingerprint density at radius 3 is 1.75 bits per heavy atom. The molecule has 0 spiro atoms. The molecule has 4 nitrogen and oxygen atoms in total. The van der Waals surface area contributed by atoms with Crippen molar-refractivity contribution in [3.05, 3.63) is 70.8 Å². The highest BCUT2D eigenvalue weighted by atomic mass is 19.4. The molecule has 0 aromatic heterocycles. The molecule has 1 fully saturated rings. The minimum atomic E-state index is -4.48. The van der Waals surface area contributed by atoms with Gasteiger partial charge < -0.3 is 10.2 Å². The maximum absolute atomic E-state index is 12.7. The van der Waals surface area contributed by atoms with E-state index in [0.29, 0.717) is 18.4 Å². The Morgan fingerprint density at radius 2 is 1.28 bits per heavy atom. The van der Waals surface area contributed by atoms with Crippen molar-refractivity contribution >= 4 is 11.8 Å². The predicted octanol–water partition coefficient (Wildman–Crippen LogP) is 4.89. The molecule has 0 saturated carbocycles. The maximum Gasteiger partial charge on any atom is 0.416 e. The minimum absolute atomic E-state index is 0.0850. The monoisotopic (exact) mass is 458 g/mol. The Balaban J connectivity index is 1.48. The highest BCUT2D eigenvalue weighted by Crippen LogP contribution is 2.30. The van der Waals surface area contributed by atoms with Crippen LogP contribution in [0.4, 0.5) is 26.3 Å². The maximum atomic E-state index is 12.7. The molecule has 0 aliphatic carbocycles. The number of rotatable bonds is 4. The molecular formula is C22H20F6N2O2. The van der Waals surface area contributed by atoms with Crippen LogP contribution in [-0.2, 0) is 23.7 Å². The van der Waals surface area contributed by atoms with E-state index >= 15 is 0 Å². The van der Waals surface area contributed by atoms with Gasteiger partial charge >= 0.3 is 12.4 Å². The van der Waals surface area contributed by atoms with Gasteiger partial charge in [0, 0.05) is 31.1 Å². The number of nitrogens with one attached hydrogen (secondary N) is 1. The van der Waals surface area contributed by atoms with Crippen molar-refractivity contribution in [2.75, 3.05) is 13.1 Å². The second kappa shape index (κ2) is 9.22. The Morgan fingerprint density at radius 1 is 0.812 bits per heavy atom. The van der Waals surface area contributed by atoms with Gasteiger partial charge in [0.1, 0.15) is 0 Å². The van der Waals surface area contributed by atoms with Crippen LogP contribution in [0.5, 0.6) is 0 Å². The normalized spacial score (nSPS) is 15.5. The average Bonchev–Trinajstić information content (AvgIpc) is 2.76. The number of hydrogen-bond donors (Lipinski definition) is 1. The highest BCUT2D eigenvalue weighted by Gasteiger charge is 2.32. The predicted molar refractivity (Wildman–Crippen MR) is 103 cm³/mol. The van der Waals surface area contributed by atoms with E-state index in [9.17, 15) is 35.9 Å². The van der Waals surface area contributed by atoms with Gasteiger partial charge in [0.25, 0.3) is 5.91 Å². The molecule has 2 amide bonds. The van der Waals surface area contributed by atoms with Gasteiger partial charge in [0.2, 0.25) is 5.91 Å². The van der Waals surface area contributed by atoms with Crippen LogP contribution in [0, 0.1) is 5.92 Å². The topological polar surface area (TPSA) is 49.4 Å². The number of alkyl halides is 6. The van der Waals surface area contributed by atoms with Gasteiger partial charge in [-0.25, -0.2) is 0 Å². The van der Waals surface area contributed by atoms with Gasteiger partial charge in [-0.05, 0) is 54.8 Å². The summed E-state index contributed by atoms with van der Waals surface area (Å²) in [6.45, 7) is 0.637. The van der Waals surface area contributed by atoms with Crippen LogP contribution in [0.3, 0.4) is 0 Å². The summed E-state index contributed by atoms with van der Waals surface area (Å²) < 4.78 is 75.7. The number of halogens is 6. The molecule has 1 saturated heterocycles. The number of amides is 2. The van der Waals surface area contributed by atoms with Crippen LogP contribution in [0.25, 0.3) is 0 Å². The molecule has 1 N–H and O–H groups in total. The number of benzene rings is 2. The zero-order valence-electron chi connectivity index (χ0n) is 16.8. The number of piperidine rings is 1. The molecule has 172 valence electrons. The van der Waals surface area contributed by atoms with Gasteiger partial charge in [0.15, 0.2) is 0 Å². The minimum Gasteiger partial charge on any atom is -0.352 e. The standard InChI is InChI=1S/C22H20F6N2O2/c23-21(24,25)17-5-1-14(2-6-17)13-29-19(31)15-9-11-30(12-10-15)20(32)16-3-7-18(8-4-16)22(26,27)28/h1-8,15H,9-13H2,(H,29,31). The quantitative estimate of drug-likeness (QED) is 0.664. The third-order valence-corrected chi connectivity index (χ3v) is 5.36. The fraction of sp³-hybridized carbons (Fsp3) is 0.364. The number of likely N-dealkylation sites (tertiary alicyclic amines) is 1. The molecule has 1 aliphatic heterocycles. The zero-order chi connectivity index (χ0) is 23.5. The van der Waals surface area contributed by atoms with E-state index < -0.39 is 29.4 Å². The number of nitrogens with zero attached hydrogens (tertiary/aromatic N) is 1. The summed E-state index contributed by atoms with van der Waals surface area (Å²) in [5.41, 5.74) is -0.931. The van der Waals surface area contributed by atoms with Gasteiger partial charge in [-0.2, -0.15) is 26.3 Å². The lowest BCUT2D eigenvalue weighted by Gasteiger charge is -2.31. The SMILES string of the molecule is O=C(NCc1ccc(C(F)(F)F)cc1)C1CCN(C(=O)c2ccc(C(F)(F)F)cc2)CC1. The van der Waals surface area contributed by atoms with Crippen LogP contribution < -0.4 is 5.32 Å².